The van der Waals surface area contributed by atoms with Gasteiger partial charge in [-0.15, -0.1) is 0 Å². The first-order valence-electron chi connectivity index (χ1n) is 11.9. The predicted molar refractivity (Wildman–Crippen MR) is 133 cm³/mol. The van der Waals surface area contributed by atoms with Crippen molar-refractivity contribution in [2.24, 2.45) is 0 Å². The lowest BCUT2D eigenvalue weighted by Crippen LogP contribution is -2.57. The van der Waals surface area contributed by atoms with Gasteiger partial charge in [-0.05, 0) is 44.9 Å². The maximum Gasteiger partial charge on any atom is 0.410 e. The Balaban J connectivity index is 1.63. The fourth-order valence-electron chi connectivity index (χ4n) is 3.84. The van der Waals surface area contributed by atoms with Crippen molar-refractivity contribution in [2.75, 3.05) is 33.4 Å². The van der Waals surface area contributed by atoms with E-state index in [2.05, 4.69) is 0 Å². The van der Waals surface area contributed by atoms with Gasteiger partial charge in [0, 0.05) is 32.1 Å². The first-order valence-corrected chi connectivity index (χ1v) is 11.9. The van der Waals surface area contributed by atoms with E-state index in [1.54, 1.807) is 16.9 Å². The molecule has 190 valence electrons. The van der Waals surface area contributed by atoms with E-state index in [1.807, 2.05) is 76.2 Å². The third kappa shape index (κ3) is 7.80. The summed E-state index contributed by atoms with van der Waals surface area (Å²) in [7, 11) is 1.62. The molecule has 0 radical (unpaired) electrons. The topological polar surface area (TPSA) is 77.5 Å². The fourth-order valence-corrected chi connectivity index (χ4v) is 3.84. The van der Waals surface area contributed by atoms with Gasteiger partial charge < -0.3 is 28.7 Å². The zero-order valence-electron chi connectivity index (χ0n) is 21.3. The standard InChI is InChI=1S/C27H36N2O6/c1-20-11-12-23(17-24(20)32-5)33-16-13-22-18-28(14-15-29(22)26(31)35-27(2,3)4)25(30)34-19-21-9-7-6-8-10-21/h6-12,17,22H,13-16,18-19H2,1-5H3/t22-/m1/s1. The summed E-state index contributed by atoms with van der Waals surface area (Å²) in [6, 6.07) is 14.9. The summed E-state index contributed by atoms with van der Waals surface area (Å²) < 4.78 is 22.4. The van der Waals surface area contributed by atoms with Gasteiger partial charge in [0.2, 0.25) is 0 Å². The van der Waals surface area contributed by atoms with E-state index in [-0.39, 0.29) is 12.6 Å². The molecule has 1 saturated heterocycles. The first kappa shape index (κ1) is 26.2. The van der Waals surface area contributed by atoms with Crippen LogP contribution in [0.1, 0.15) is 38.3 Å². The summed E-state index contributed by atoms with van der Waals surface area (Å²) in [6.07, 6.45) is -0.263. The highest BCUT2D eigenvalue weighted by atomic mass is 16.6. The maximum absolute atomic E-state index is 12.9. The Morgan fingerprint density at radius 3 is 2.46 bits per heavy atom. The van der Waals surface area contributed by atoms with Gasteiger partial charge in [0.1, 0.15) is 23.7 Å². The van der Waals surface area contributed by atoms with Crippen LogP contribution in [0.3, 0.4) is 0 Å². The van der Waals surface area contributed by atoms with Crippen molar-refractivity contribution in [3.05, 3.63) is 59.7 Å². The number of hydrogen-bond acceptors (Lipinski definition) is 6. The van der Waals surface area contributed by atoms with Crippen LogP contribution in [-0.4, -0.2) is 67.0 Å². The number of benzene rings is 2. The highest BCUT2D eigenvalue weighted by Crippen LogP contribution is 2.25. The number of carbonyl (C=O) groups is 2. The second-order valence-corrected chi connectivity index (χ2v) is 9.58. The molecule has 0 bridgehead atoms. The van der Waals surface area contributed by atoms with Crippen LogP contribution in [-0.2, 0) is 16.1 Å². The van der Waals surface area contributed by atoms with Crippen LogP contribution in [0.15, 0.2) is 48.5 Å². The summed E-state index contributed by atoms with van der Waals surface area (Å²) in [6.45, 7) is 9.12. The number of hydrogen-bond donors (Lipinski definition) is 0. The second-order valence-electron chi connectivity index (χ2n) is 9.58. The van der Waals surface area contributed by atoms with Crippen LogP contribution < -0.4 is 9.47 Å². The van der Waals surface area contributed by atoms with Gasteiger partial charge in [0.25, 0.3) is 0 Å². The Bertz CT molecular complexity index is 989. The average molecular weight is 485 g/mol. The summed E-state index contributed by atoms with van der Waals surface area (Å²) >= 11 is 0. The van der Waals surface area contributed by atoms with E-state index in [0.29, 0.717) is 38.4 Å². The molecule has 1 fully saturated rings. The molecule has 8 heteroatoms. The Hall–Kier alpha value is -3.42. The minimum Gasteiger partial charge on any atom is -0.496 e. The van der Waals surface area contributed by atoms with E-state index < -0.39 is 17.8 Å². The molecule has 35 heavy (non-hydrogen) atoms. The van der Waals surface area contributed by atoms with Crippen molar-refractivity contribution >= 4 is 12.2 Å². The quantitative estimate of drug-likeness (QED) is 0.549. The van der Waals surface area contributed by atoms with Crippen LogP contribution in [0.25, 0.3) is 0 Å². The molecular formula is C27H36N2O6. The number of methoxy groups -OCH3 is 1. The van der Waals surface area contributed by atoms with Gasteiger partial charge in [0.15, 0.2) is 0 Å². The Morgan fingerprint density at radius 1 is 1.03 bits per heavy atom. The second kappa shape index (κ2) is 11.8. The minimum absolute atomic E-state index is 0.203. The molecule has 0 aliphatic carbocycles. The van der Waals surface area contributed by atoms with Gasteiger partial charge in [-0.25, -0.2) is 9.59 Å². The van der Waals surface area contributed by atoms with E-state index in [4.69, 9.17) is 18.9 Å². The normalized spacial score (nSPS) is 16.0. The van der Waals surface area contributed by atoms with Gasteiger partial charge in [-0.3, -0.25) is 0 Å². The van der Waals surface area contributed by atoms with Gasteiger partial charge in [-0.2, -0.15) is 0 Å². The Labute approximate surface area is 207 Å². The van der Waals surface area contributed by atoms with Crippen molar-refractivity contribution in [3.8, 4) is 11.5 Å². The number of amides is 2. The highest BCUT2D eigenvalue weighted by Gasteiger charge is 2.35. The monoisotopic (exact) mass is 484 g/mol. The Kier molecular flexibility index (Phi) is 8.84. The average Bonchev–Trinajstić information content (AvgIpc) is 2.83. The summed E-state index contributed by atoms with van der Waals surface area (Å²) in [5.41, 5.74) is 1.34. The molecule has 0 unspecified atom stereocenters. The molecule has 2 aromatic rings. The number of aryl methyl sites for hydroxylation is 1. The van der Waals surface area contributed by atoms with Crippen LogP contribution in [0.4, 0.5) is 9.59 Å². The van der Waals surface area contributed by atoms with Crippen molar-refractivity contribution in [2.45, 2.75) is 52.4 Å². The molecule has 1 aliphatic heterocycles. The van der Waals surface area contributed by atoms with Crippen LogP contribution in [0.5, 0.6) is 11.5 Å². The van der Waals surface area contributed by atoms with Crippen LogP contribution in [0, 0.1) is 6.92 Å². The van der Waals surface area contributed by atoms with E-state index >= 15 is 0 Å². The van der Waals surface area contributed by atoms with E-state index in [0.717, 1.165) is 16.9 Å². The van der Waals surface area contributed by atoms with Crippen molar-refractivity contribution in [1.82, 2.24) is 9.80 Å². The molecule has 1 heterocycles. The van der Waals surface area contributed by atoms with Gasteiger partial charge in [0.05, 0.1) is 19.8 Å². The van der Waals surface area contributed by atoms with Crippen LogP contribution in [0.2, 0.25) is 0 Å². The number of ether oxygens (including phenoxy) is 4. The fraction of sp³-hybridized carbons (Fsp3) is 0.481. The van der Waals surface area contributed by atoms with Gasteiger partial charge >= 0.3 is 12.2 Å². The maximum atomic E-state index is 12.9. The zero-order chi connectivity index (χ0) is 25.4. The lowest BCUT2D eigenvalue weighted by atomic mass is 10.1. The molecule has 0 N–H and O–H groups in total. The number of piperazine rings is 1. The van der Waals surface area contributed by atoms with Crippen molar-refractivity contribution in [1.29, 1.82) is 0 Å². The summed E-state index contributed by atoms with van der Waals surface area (Å²) in [5, 5.41) is 0. The van der Waals surface area contributed by atoms with Crippen molar-refractivity contribution in [3.63, 3.8) is 0 Å². The first-order chi connectivity index (χ1) is 16.7. The lowest BCUT2D eigenvalue weighted by Gasteiger charge is -2.41. The minimum atomic E-state index is -0.609. The molecule has 8 nitrogen and oxygen atoms in total. The number of nitrogens with zero attached hydrogens (tertiary/aromatic N) is 2. The molecule has 0 spiro atoms. The molecule has 2 amide bonds. The zero-order valence-corrected chi connectivity index (χ0v) is 21.3. The molecule has 1 atom stereocenters. The van der Waals surface area contributed by atoms with E-state index in [1.165, 1.54) is 0 Å². The molecule has 1 aliphatic rings. The SMILES string of the molecule is COc1cc(OCC[C@@H]2CN(C(=O)OCc3ccccc3)CCN2C(=O)OC(C)(C)C)ccc1C. The molecule has 0 saturated carbocycles. The molecular weight excluding hydrogens is 448 g/mol. The third-order valence-electron chi connectivity index (χ3n) is 5.67. The molecule has 0 aromatic heterocycles. The molecule has 2 aromatic carbocycles. The predicted octanol–water partition coefficient (Wildman–Crippen LogP) is 5.03. The smallest absolute Gasteiger partial charge is 0.410 e. The van der Waals surface area contributed by atoms with Crippen molar-refractivity contribution < 1.29 is 28.5 Å². The number of rotatable bonds is 7. The largest absolute Gasteiger partial charge is 0.496 e. The molecule has 3 rings (SSSR count). The highest BCUT2D eigenvalue weighted by molar-refractivity contribution is 5.71. The Morgan fingerprint density at radius 2 is 1.77 bits per heavy atom. The third-order valence-corrected chi connectivity index (χ3v) is 5.67. The van der Waals surface area contributed by atoms with Gasteiger partial charge in [-0.1, -0.05) is 36.4 Å². The van der Waals surface area contributed by atoms with Crippen LogP contribution >= 0.6 is 0 Å². The van der Waals surface area contributed by atoms with E-state index in [9.17, 15) is 9.59 Å². The summed E-state index contributed by atoms with van der Waals surface area (Å²) in [5.74, 6) is 1.44. The summed E-state index contributed by atoms with van der Waals surface area (Å²) in [4.78, 5) is 28.9. The number of carbonyl (C=O) groups excluding carboxylic acids is 2. The lowest BCUT2D eigenvalue weighted by molar-refractivity contribution is -0.00614.